The number of hydrogen-bond acceptors (Lipinski definition) is 7. The quantitative estimate of drug-likeness (QED) is 0.766. The molecule has 0 radical (unpaired) electrons. The summed E-state index contributed by atoms with van der Waals surface area (Å²) in [5, 5.41) is 6.53. The van der Waals surface area contributed by atoms with Crippen LogP contribution in [0, 0.1) is 0 Å². The van der Waals surface area contributed by atoms with E-state index in [1.54, 1.807) is 52.1 Å². The number of carbonyl (C=O) groups excluding carboxylic acids is 2. The molecule has 1 aromatic heterocycles. The van der Waals surface area contributed by atoms with Gasteiger partial charge in [0.25, 0.3) is 11.5 Å². The van der Waals surface area contributed by atoms with Crippen LogP contribution in [0.5, 0.6) is 11.5 Å². The third kappa shape index (κ3) is 5.74. The molecule has 1 aliphatic heterocycles. The molecule has 2 aromatic rings. The monoisotopic (exact) mass is 430 g/mol. The lowest BCUT2D eigenvalue weighted by Crippen LogP contribution is -2.50. The molecule has 3 rings (SSSR count). The first-order valence-electron chi connectivity index (χ1n) is 9.83. The Kier molecular flexibility index (Phi) is 6.47. The number of anilines is 1. The van der Waals surface area contributed by atoms with Crippen LogP contribution in [0.4, 0.5) is 10.5 Å². The number of carbonyl (C=O) groups is 2. The van der Waals surface area contributed by atoms with E-state index in [2.05, 4.69) is 10.4 Å². The van der Waals surface area contributed by atoms with Gasteiger partial charge in [0.1, 0.15) is 36.4 Å². The molecule has 1 atom stereocenters. The molecule has 2 amide bonds. The number of rotatable bonds is 5. The van der Waals surface area contributed by atoms with Crippen molar-refractivity contribution in [1.29, 1.82) is 0 Å². The van der Waals surface area contributed by atoms with Crippen molar-refractivity contribution in [3.8, 4) is 11.5 Å². The van der Waals surface area contributed by atoms with Gasteiger partial charge in [0.05, 0.1) is 12.2 Å². The van der Waals surface area contributed by atoms with Gasteiger partial charge in [0.2, 0.25) is 0 Å². The zero-order valence-electron chi connectivity index (χ0n) is 18.0. The Morgan fingerprint density at radius 3 is 2.77 bits per heavy atom. The number of benzene rings is 1. The zero-order chi connectivity index (χ0) is 22.6. The Bertz CT molecular complexity index is 1010. The normalized spacial score (nSPS) is 16.1. The van der Waals surface area contributed by atoms with Gasteiger partial charge in [-0.15, -0.1) is 0 Å². The first kappa shape index (κ1) is 22.1. The van der Waals surface area contributed by atoms with Crippen molar-refractivity contribution in [1.82, 2.24) is 15.1 Å². The smallest absolute Gasteiger partial charge is 0.408 e. The molecule has 166 valence electrons. The van der Waals surface area contributed by atoms with Gasteiger partial charge >= 0.3 is 6.09 Å². The summed E-state index contributed by atoms with van der Waals surface area (Å²) in [6, 6.07) is 7.17. The first-order chi connectivity index (χ1) is 14.6. The molecule has 2 heterocycles. The largest absolute Gasteiger partial charge is 0.492 e. The Morgan fingerprint density at radius 1 is 1.29 bits per heavy atom. The van der Waals surface area contributed by atoms with E-state index in [0.717, 1.165) is 0 Å². The topological polar surface area (TPSA) is 112 Å². The van der Waals surface area contributed by atoms with Crippen molar-refractivity contribution in [3.05, 3.63) is 46.9 Å². The minimum absolute atomic E-state index is 0.0296. The molecule has 0 spiro atoms. The van der Waals surface area contributed by atoms with Gasteiger partial charge in [-0.1, -0.05) is 0 Å². The fourth-order valence-electron chi connectivity index (χ4n) is 2.93. The molecular formula is C21H26N4O6. The van der Waals surface area contributed by atoms with Crippen molar-refractivity contribution in [3.63, 3.8) is 0 Å². The summed E-state index contributed by atoms with van der Waals surface area (Å²) in [6.45, 7) is 5.70. The van der Waals surface area contributed by atoms with E-state index in [1.807, 2.05) is 0 Å². The summed E-state index contributed by atoms with van der Waals surface area (Å²) in [6.07, 6.45) is 0.839. The van der Waals surface area contributed by atoms with E-state index in [0.29, 0.717) is 17.2 Å². The summed E-state index contributed by atoms with van der Waals surface area (Å²) in [7, 11) is 1.59. The molecule has 31 heavy (non-hydrogen) atoms. The van der Waals surface area contributed by atoms with Crippen molar-refractivity contribution in [2.24, 2.45) is 0 Å². The van der Waals surface area contributed by atoms with Gasteiger partial charge < -0.3 is 24.4 Å². The Balaban J connectivity index is 1.66. The van der Waals surface area contributed by atoms with E-state index in [1.165, 1.54) is 21.8 Å². The Hall–Kier alpha value is -3.56. The number of ether oxygens (including phenoxy) is 3. The van der Waals surface area contributed by atoms with Crippen LogP contribution in [0.25, 0.3) is 0 Å². The maximum Gasteiger partial charge on any atom is 0.408 e. The number of hydrogen-bond donors (Lipinski definition) is 1. The molecule has 0 saturated heterocycles. The van der Waals surface area contributed by atoms with Gasteiger partial charge in [0, 0.05) is 25.4 Å². The average molecular weight is 430 g/mol. The van der Waals surface area contributed by atoms with Gasteiger partial charge in [-0.2, -0.15) is 5.10 Å². The average Bonchev–Trinajstić information content (AvgIpc) is 2.80. The predicted molar refractivity (Wildman–Crippen MR) is 112 cm³/mol. The summed E-state index contributed by atoms with van der Waals surface area (Å²) in [5.41, 5.74) is -0.387. The molecule has 0 bridgehead atoms. The van der Waals surface area contributed by atoms with Gasteiger partial charge in [-0.05, 0) is 39.0 Å². The van der Waals surface area contributed by atoms with Crippen molar-refractivity contribution in [2.75, 3.05) is 25.2 Å². The van der Waals surface area contributed by atoms with Crippen LogP contribution in [0.1, 0.15) is 20.8 Å². The van der Waals surface area contributed by atoms with E-state index in [4.69, 9.17) is 14.2 Å². The highest BCUT2D eigenvalue weighted by Gasteiger charge is 2.32. The van der Waals surface area contributed by atoms with E-state index in [9.17, 15) is 14.4 Å². The molecule has 0 aliphatic carbocycles. The minimum atomic E-state index is -0.896. The zero-order valence-corrected chi connectivity index (χ0v) is 18.0. The SMILES string of the molecule is CN1C(=O)[C@@H](NC(=O)OC(C)(C)C)COc2ccc(OCCn3ncccc3=O)cc21. The maximum absolute atomic E-state index is 12.8. The van der Waals surface area contributed by atoms with Crippen molar-refractivity contribution in [2.45, 2.75) is 39.0 Å². The highest BCUT2D eigenvalue weighted by Crippen LogP contribution is 2.34. The van der Waals surface area contributed by atoms with Crippen molar-refractivity contribution >= 4 is 17.7 Å². The molecule has 1 aromatic carbocycles. The number of likely N-dealkylation sites (N-methyl/N-ethyl adjacent to an activating group) is 1. The fraction of sp³-hybridized carbons (Fsp3) is 0.429. The molecule has 10 heteroatoms. The van der Waals surface area contributed by atoms with Gasteiger partial charge in [-0.3, -0.25) is 9.59 Å². The van der Waals surface area contributed by atoms with Crippen LogP contribution >= 0.6 is 0 Å². The number of aromatic nitrogens is 2. The third-order valence-electron chi connectivity index (χ3n) is 4.37. The number of nitrogens with zero attached hydrogens (tertiary/aromatic N) is 3. The molecule has 0 unspecified atom stereocenters. The second kappa shape index (κ2) is 9.07. The van der Waals surface area contributed by atoms with Crippen LogP contribution in [0.3, 0.4) is 0 Å². The molecule has 1 aliphatic rings. The fourth-order valence-corrected chi connectivity index (χ4v) is 2.93. The first-order valence-corrected chi connectivity index (χ1v) is 9.83. The van der Waals surface area contributed by atoms with E-state index < -0.39 is 17.7 Å². The second-order valence-corrected chi connectivity index (χ2v) is 7.97. The molecule has 0 saturated carbocycles. The second-order valence-electron chi connectivity index (χ2n) is 7.97. The van der Waals surface area contributed by atoms with Gasteiger partial charge in [0.15, 0.2) is 0 Å². The summed E-state index contributed by atoms with van der Waals surface area (Å²) in [5.74, 6) is 0.643. The summed E-state index contributed by atoms with van der Waals surface area (Å²) >= 11 is 0. The molecule has 10 nitrogen and oxygen atoms in total. The highest BCUT2D eigenvalue weighted by atomic mass is 16.6. The number of nitrogens with one attached hydrogen (secondary N) is 1. The van der Waals surface area contributed by atoms with Crippen LogP contribution in [0.2, 0.25) is 0 Å². The lowest BCUT2D eigenvalue weighted by Gasteiger charge is -2.23. The number of fused-ring (bicyclic) bond motifs is 1. The standard InChI is InChI=1S/C21H26N4O6/c1-21(2,3)31-20(28)23-15-13-30-17-8-7-14(12-16(17)24(4)19(15)27)29-11-10-25-18(26)6-5-9-22-25/h5-9,12,15H,10-11,13H2,1-4H3,(H,23,28)/t15-/m0/s1. The third-order valence-corrected chi connectivity index (χ3v) is 4.37. The molecule has 0 fully saturated rings. The Morgan fingerprint density at radius 2 is 2.06 bits per heavy atom. The number of amides is 2. The lowest BCUT2D eigenvalue weighted by molar-refractivity contribution is -0.120. The van der Waals surface area contributed by atoms with Gasteiger partial charge in [-0.25, -0.2) is 9.48 Å². The van der Waals surface area contributed by atoms with E-state index >= 15 is 0 Å². The van der Waals surface area contributed by atoms with Crippen LogP contribution in [-0.2, 0) is 16.1 Å². The predicted octanol–water partition coefficient (Wildman–Crippen LogP) is 1.57. The lowest BCUT2D eigenvalue weighted by atomic mass is 10.2. The summed E-state index contributed by atoms with van der Waals surface area (Å²) < 4.78 is 18.0. The van der Waals surface area contributed by atoms with Crippen LogP contribution in [0.15, 0.2) is 41.3 Å². The van der Waals surface area contributed by atoms with Crippen molar-refractivity contribution < 1.29 is 23.8 Å². The van der Waals surface area contributed by atoms with E-state index in [-0.39, 0.29) is 31.2 Å². The van der Waals surface area contributed by atoms with Crippen LogP contribution < -0.4 is 25.2 Å². The number of alkyl carbamates (subject to hydrolysis) is 1. The highest BCUT2D eigenvalue weighted by molar-refractivity contribution is 6.00. The Labute approximate surface area is 179 Å². The minimum Gasteiger partial charge on any atom is -0.492 e. The molecule has 1 N–H and O–H groups in total. The maximum atomic E-state index is 12.8. The summed E-state index contributed by atoms with van der Waals surface area (Å²) in [4.78, 5) is 38.0. The van der Waals surface area contributed by atoms with Crippen LogP contribution in [-0.4, -0.2) is 53.7 Å². The molecular weight excluding hydrogens is 404 g/mol.